The van der Waals surface area contributed by atoms with Gasteiger partial charge in [0.25, 0.3) is 0 Å². The Labute approximate surface area is 133 Å². The number of aromatic nitrogens is 1. The second-order valence-corrected chi connectivity index (χ2v) is 6.67. The average molecular weight is 325 g/mol. The van der Waals surface area contributed by atoms with Crippen LogP contribution in [0.15, 0.2) is 23.6 Å². The van der Waals surface area contributed by atoms with Crippen molar-refractivity contribution in [2.45, 2.75) is 38.2 Å². The van der Waals surface area contributed by atoms with Gasteiger partial charge in [-0.2, -0.15) is 0 Å². The zero-order valence-electron chi connectivity index (χ0n) is 12.0. The van der Waals surface area contributed by atoms with E-state index in [-0.39, 0.29) is 5.82 Å². The van der Waals surface area contributed by atoms with Gasteiger partial charge in [0.1, 0.15) is 10.8 Å². The second kappa shape index (κ2) is 6.42. The van der Waals surface area contributed by atoms with Crippen molar-refractivity contribution in [2.24, 2.45) is 0 Å². The summed E-state index contributed by atoms with van der Waals surface area (Å²) in [5.74, 6) is 0.249. The minimum absolute atomic E-state index is 0.144. The van der Waals surface area contributed by atoms with Crippen molar-refractivity contribution in [2.75, 3.05) is 6.54 Å². The van der Waals surface area contributed by atoms with Gasteiger partial charge >= 0.3 is 0 Å². The third-order valence-corrected chi connectivity index (χ3v) is 5.27. The fourth-order valence-corrected chi connectivity index (χ4v) is 3.80. The van der Waals surface area contributed by atoms with Crippen molar-refractivity contribution in [3.05, 3.63) is 40.7 Å². The Bertz CT molecular complexity index is 628. The van der Waals surface area contributed by atoms with Crippen LogP contribution in [0.1, 0.15) is 31.0 Å². The summed E-state index contributed by atoms with van der Waals surface area (Å²) in [6.45, 7) is 3.97. The molecule has 2 aromatic rings. The van der Waals surface area contributed by atoms with E-state index in [1.807, 2.05) is 17.5 Å². The van der Waals surface area contributed by atoms with E-state index in [4.69, 9.17) is 11.6 Å². The molecule has 21 heavy (non-hydrogen) atoms. The molecule has 1 aromatic heterocycles. The molecule has 0 radical (unpaired) electrons. The molecule has 0 bridgehead atoms. The predicted molar refractivity (Wildman–Crippen MR) is 86.2 cm³/mol. The maximum absolute atomic E-state index is 14.3. The Kier molecular flexibility index (Phi) is 4.57. The summed E-state index contributed by atoms with van der Waals surface area (Å²) in [6.07, 6.45) is 2.42. The number of hydrogen-bond acceptors (Lipinski definition) is 3. The van der Waals surface area contributed by atoms with Crippen LogP contribution in [0.25, 0.3) is 10.6 Å². The lowest BCUT2D eigenvalue weighted by Crippen LogP contribution is -2.26. The molecule has 0 aliphatic carbocycles. The maximum Gasteiger partial charge on any atom is 0.128 e. The minimum Gasteiger partial charge on any atom is -0.296 e. The molecule has 1 atom stereocenters. The fraction of sp³-hybridized carbons (Fsp3) is 0.438. The minimum atomic E-state index is -0.144. The summed E-state index contributed by atoms with van der Waals surface area (Å²) in [5.41, 5.74) is 2.43. The average Bonchev–Trinajstić information content (AvgIpc) is 3.10. The van der Waals surface area contributed by atoms with E-state index >= 15 is 0 Å². The normalized spacial score (nSPS) is 19.3. The lowest BCUT2D eigenvalue weighted by molar-refractivity contribution is 0.257. The van der Waals surface area contributed by atoms with Crippen LogP contribution < -0.4 is 0 Å². The molecule has 0 spiro atoms. The quantitative estimate of drug-likeness (QED) is 0.760. The third kappa shape index (κ3) is 3.28. The van der Waals surface area contributed by atoms with Crippen LogP contribution in [0.4, 0.5) is 4.39 Å². The Morgan fingerprint density at radius 2 is 2.33 bits per heavy atom. The first-order valence-corrected chi connectivity index (χ1v) is 8.62. The molecule has 1 fully saturated rings. The van der Waals surface area contributed by atoms with Crippen LogP contribution >= 0.6 is 22.9 Å². The number of likely N-dealkylation sites (tertiary alicyclic amines) is 1. The number of thiazole rings is 1. The largest absolute Gasteiger partial charge is 0.296 e. The van der Waals surface area contributed by atoms with E-state index < -0.39 is 0 Å². The number of benzene rings is 1. The number of nitrogens with zero attached hydrogens (tertiary/aromatic N) is 2. The van der Waals surface area contributed by atoms with Gasteiger partial charge in [-0.05, 0) is 32.4 Å². The van der Waals surface area contributed by atoms with Crippen LogP contribution in [-0.4, -0.2) is 22.5 Å². The molecule has 5 heteroatoms. The Morgan fingerprint density at radius 1 is 1.48 bits per heavy atom. The number of rotatable bonds is 4. The van der Waals surface area contributed by atoms with Gasteiger partial charge in [0.15, 0.2) is 0 Å². The Morgan fingerprint density at radius 3 is 2.95 bits per heavy atom. The van der Waals surface area contributed by atoms with Crippen LogP contribution in [-0.2, 0) is 12.4 Å². The van der Waals surface area contributed by atoms with Crippen molar-refractivity contribution in [1.82, 2.24) is 9.88 Å². The summed E-state index contributed by atoms with van der Waals surface area (Å²) in [5, 5.41) is 2.74. The first-order chi connectivity index (χ1) is 10.2. The summed E-state index contributed by atoms with van der Waals surface area (Å²) < 4.78 is 14.3. The molecular weight excluding hydrogens is 307 g/mol. The molecule has 1 aliphatic rings. The monoisotopic (exact) mass is 324 g/mol. The van der Waals surface area contributed by atoms with Crippen LogP contribution in [0, 0.1) is 5.82 Å². The molecule has 0 N–H and O–H groups in total. The molecule has 2 nitrogen and oxygen atoms in total. The molecule has 2 heterocycles. The molecule has 1 aromatic carbocycles. The lowest BCUT2D eigenvalue weighted by Gasteiger charge is -2.21. The highest BCUT2D eigenvalue weighted by atomic mass is 35.5. The van der Waals surface area contributed by atoms with E-state index in [0.29, 0.717) is 18.5 Å². The van der Waals surface area contributed by atoms with Gasteiger partial charge in [0, 0.05) is 29.1 Å². The number of halogens is 2. The summed E-state index contributed by atoms with van der Waals surface area (Å²) in [4.78, 5) is 6.73. The van der Waals surface area contributed by atoms with E-state index in [1.54, 1.807) is 6.07 Å². The fourth-order valence-electron chi connectivity index (χ4n) is 2.76. The molecule has 1 saturated heterocycles. The molecular formula is C16H18ClFN2S. The van der Waals surface area contributed by atoms with Gasteiger partial charge < -0.3 is 0 Å². The van der Waals surface area contributed by atoms with Crippen LogP contribution in [0.5, 0.6) is 0 Å². The zero-order chi connectivity index (χ0) is 14.8. The summed E-state index contributed by atoms with van der Waals surface area (Å²) in [7, 11) is 0. The topological polar surface area (TPSA) is 16.1 Å². The third-order valence-electron chi connectivity index (χ3n) is 4.05. The highest BCUT2D eigenvalue weighted by Gasteiger charge is 2.21. The summed E-state index contributed by atoms with van der Waals surface area (Å²) in [6, 6.07) is 5.98. The number of alkyl halides is 1. The SMILES string of the molecule is CC1CCCN1Cc1ccc(-c2nc(CCl)cs2)cc1F. The van der Waals surface area contributed by atoms with Gasteiger partial charge in [0.05, 0.1) is 11.6 Å². The van der Waals surface area contributed by atoms with Crippen molar-refractivity contribution in [3.8, 4) is 10.6 Å². The molecule has 1 unspecified atom stereocenters. The van der Waals surface area contributed by atoms with E-state index in [1.165, 1.54) is 24.2 Å². The van der Waals surface area contributed by atoms with E-state index in [9.17, 15) is 4.39 Å². The predicted octanol–water partition coefficient (Wildman–Crippen LogP) is 4.67. The van der Waals surface area contributed by atoms with Gasteiger partial charge in [-0.25, -0.2) is 9.37 Å². The molecule has 3 rings (SSSR count). The highest BCUT2D eigenvalue weighted by Crippen LogP contribution is 2.27. The van der Waals surface area contributed by atoms with Crippen molar-refractivity contribution in [3.63, 3.8) is 0 Å². The molecule has 0 saturated carbocycles. The number of hydrogen-bond donors (Lipinski definition) is 0. The maximum atomic E-state index is 14.3. The standard InChI is InChI=1S/C16H18ClFN2S/c1-11-3-2-6-20(11)9-13-5-4-12(7-15(13)18)16-19-14(8-17)10-21-16/h4-5,7,10-11H,2-3,6,8-9H2,1H3. The molecule has 0 amide bonds. The smallest absolute Gasteiger partial charge is 0.128 e. The van der Waals surface area contributed by atoms with Crippen molar-refractivity contribution >= 4 is 22.9 Å². The van der Waals surface area contributed by atoms with Crippen molar-refractivity contribution < 1.29 is 4.39 Å². The Balaban J connectivity index is 1.79. The second-order valence-electron chi connectivity index (χ2n) is 5.55. The van der Waals surface area contributed by atoms with Crippen molar-refractivity contribution in [1.29, 1.82) is 0 Å². The highest BCUT2D eigenvalue weighted by molar-refractivity contribution is 7.13. The molecule has 1 aliphatic heterocycles. The van der Waals surface area contributed by atoms with Gasteiger partial charge in [0.2, 0.25) is 0 Å². The van der Waals surface area contributed by atoms with Crippen LogP contribution in [0.3, 0.4) is 0 Å². The van der Waals surface area contributed by atoms with Gasteiger partial charge in [-0.1, -0.05) is 12.1 Å². The zero-order valence-corrected chi connectivity index (χ0v) is 13.6. The summed E-state index contributed by atoms with van der Waals surface area (Å²) >= 11 is 7.26. The van der Waals surface area contributed by atoms with Crippen LogP contribution in [0.2, 0.25) is 0 Å². The van der Waals surface area contributed by atoms with E-state index in [2.05, 4.69) is 16.8 Å². The van der Waals surface area contributed by atoms with Gasteiger partial charge in [-0.15, -0.1) is 22.9 Å². The Hall–Kier alpha value is -0.970. The first-order valence-electron chi connectivity index (χ1n) is 7.20. The van der Waals surface area contributed by atoms with Gasteiger partial charge in [-0.3, -0.25) is 4.90 Å². The van der Waals surface area contributed by atoms with E-state index in [0.717, 1.165) is 28.4 Å². The first kappa shape index (κ1) is 14.9. The lowest BCUT2D eigenvalue weighted by atomic mass is 10.1. The molecule has 112 valence electrons.